The van der Waals surface area contributed by atoms with Crippen molar-refractivity contribution in [1.29, 1.82) is 0 Å². The minimum atomic E-state index is 0.951. The number of fused-ring (bicyclic) bond motifs is 1. The SMILES string of the molecule is CCNCc1c(C)[nH]c2ccccc12. The Balaban J connectivity index is 2.45. The molecule has 0 amide bonds. The molecule has 0 fully saturated rings. The highest BCUT2D eigenvalue weighted by Crippen LogP contribution is 2.21. The first-order valence-electron chi connectivity index (χ1n) is 5.10. The molecule has 1 aromatic heterocycles. The molecule has 2 rings (SSSR count). The Hall–Kier alpha value is -1.28. The molecule has 0 saturated carbocycles. The molecule has 2 N–H and O–H groups in total. The van der Waals surface area contributed by atoms with E-state index < -0.39 is 0 Å². The lowest BCUT2D eigenvalue weighted by molar-refractivity contribution is 0.727. The van der Waals surface area contributed by atoms with Crippen molar-refractivity contribution in [2.75, 3.05) is 6.54 Å². The smallest absolute Gasteiger partial charge is 0.0459 e. The second-order valence-corrected chi connectivity index (χ2v) is 3.55. The molecule has 2 nitrogen and oxygen atoms in total. The van der Waals surface area contributed by atoms with Crippen LogP contribution in [0.15, 0.2) is 24.3 Å². The van der Waals surface area contributed by atoms with E-state index in [-0.39, 0.29) is 0 Å². The third-order valence-electron chi connectivity index (χ3n) is 2.58. The molecular weight excluding hydrogens is 172 g/mol. The molecule has 0 bridgehead atoms. The van der Waals surface area contributed by atoms with Crippen LogP contribution in [0.2, 0.25) is 0 Å². The fourth-order valence-electron chi connectivity index (χ4n) is 1.81. The topological polar surface area (TPSA) is 27.8 Å². The Morgan fingerprint density at radius 2 is 2.07 bits per heavy atom. The summed E-state index contributed by atoms with van der Waals surface area (Å²) in [6, 6.07) is 8.45. The first-order valence-corrected chi connectivity index (χ1v) is 5.10. The summed E-state index contributed by atoms with van der Waals surface area (Å²) in [6.45, 7) is 6.22. The van der Waals surface area contributed by atoms with E-state index in [1.165, 1.54) is 22.2 Å². The van der Waals surface area contributed by atoms with Crippen molar-refractivity contribution < 1.29 is 0 Å². The van der Waals surface area contributed by atoms with Crippen LogP contribution >= 0.6 is 0 Å². The molecule has 2 heteroatoms. The zero-order valence-electron chi connectivity index (χ0n) is 8.72. The maximum atomic E-state index is 3.40. The van der Waals surface area contributed by atoms with Gasteiger partial charge in [-0.1, -0.05) is 25.1 Å². The Bertz CT molecular complexity index is 429. The van der Waals surface area contributed by atoms with Crippen LogP contribution in [0.25, 0.3) is 10.9 Å². The monoisotopic (exact) mass is 188 g/mol. The van der Waals surface area contributed by atoms with Gasteiger partial charge >= 0.3 is 0 Å². The van der Waals surface area contributed by atoms with Crippen molar-refractivity contribution in [3.8, 4) is 0 Å². The van der Waals surface area contributed by atoms with Crippen molar-refractivity contribution in [2.24, 2.45) is 0 Å². The van der Waals surface area contributed by atoms with E-state index in [2.05, 4.69) is 48.4 Å². The predicted molar refractivity (Wildman–Crippen MR) is 60.4 cm³/mol. The average molecular weight is 188 g/mol. The van der Waals surface area contributed by atoms with Gasteiger partial charge in [0.25, 0.3) is 0 Å². The highest BCUT2D eigenvalue weighted by atomic mass is 14.9. The minimum absolute atomic E-state index is 0.951. The summed E-state index contributed by atoms with van der Waals surface area (Å²) >= 11 is 0. The molecule has 0 radical (unpaired) electrons. The summed E-state index contributed by atoms with van der Waals surface area (Å²) in [6.07, 6.45) is 0. The molecule has 0 atom stereocenters. The highest BCUT2D eigenvalue weighted by Gasteiger charge is 2.05. The van der Waals surface area contributed by atoms with E-state index in [1.807, 2.05) is 0 Å². The second-order valence-electron chi connectivity index (χ2n) is 3.55. The van der Waals surface area contributed by atoms with Gasteiger partial charge in [0.05, 0.1) is 0 Å². The van der Waals surface area contributed by atoms with E-state index >= 15 is 0 Å². The van der Waals surface area contributed by atoms with Crippen LogP contribution in [0.1, 0.15) is 18.2 Å². The van der Waals surface area contributed by atoms with Crippen LogP contribution in [-0.4, -0.2) is 11.5 Å². The van der Waals surface area contributed by atoms with Crippen molar-refractivity contribution in [2.45, 2.75) is 20.4 Å². The molecule has 14 heavy (non-hydrogen) atoms. The Morgan fingerprint density at radius 1 is 1.29 bits per heavy atom. The molecule has 74 valence electrons. The summed E-state index contributed by atoms with van der Waals surface area (Å²) < 4.78 is 0. The summed E-state index contributed by atoms with van der Waals surface area (Å²) in [4.78, 5) is 3.40. The summed E-state index contributed by atoms with van der Waals surface area (Å²) in [5, 5.41) is 4.70. The number of hydrogen-bond donors (Lipinski definition) is 2. The molecule has 0 aliphatic carbocycles. The number of aromatic nitrogens is 1. The molecule has 0 unspecified atom stereocenters. The van der Waals surface area contributed by atoms with Crippen LogP contribution in [0.4, 0.5) is 0 Å². The van der Waals surface area contributed by atoms with Crippen LogP contribution in [0, 0.1) is 6.92 Å². The van der Waals surface area contributed by atoms with Crippen LogP contribution < -0.4 is 5.32 Å². The Labute approximate surface area is 84.3 Å². The number of H-pyrrole nitrogens is 1. The molecule has 0 aliphatic heterocycles. The summed E-state index contributed by atoms with van der Waals surface area (Å²) in [5.74, 6) is 0. The zero-order chi connectivity index (χ0) is 9.97. The highest BCUT2D eigenvalue weighted by molar-refractivity contribution is 5.84. The van der Waals surface area contributed by atoms with Gasteiger partial charge in [-0.3, -0.25) is 0 Å². The average Bonchev–Trinajstić information content (AvgIpc) is 2.51. The van der Waals surface area contributed by atoms with Gasteiger partial charge in [-0.05, 0) is 25.1 Å². The number of aryl methyl sites for hydroxylation is 1. The van der Waals surface area contributed by atoms with E-state index in [9.17, 15) is 0 Å². The van der Waals surface area contributed by atoms with E-state index in [0.29, 0.717) is 0 Å². The van der Waals surface area contributed by atoms with Gasteiger partial charge in [0.2, 0.25) is 0 Å². The lowest BCUT2D eigenvalue weighted by Crippen LogP contribution is -2.12. The van der Waals surface area contributed by atoms with Gasteiger partial charge in [-0.25, -0.2) is 0 Å². The lowest BCUT2D eigenvalue weighted by Gasteiger charge is -2.01. The molecule has 0 aliphatic rings. The zero-order valence-corrected chi connectivity index (χ0v) is 8.72. The number of rotatable bonds is 3. The number of aromatic amines is 1. The number of benzene rings is 1. The normalized spacial score (nSPS) is 11.0. The molecule has 2 aromatic rings. The van der Waals surface area contributed by atoms with Gasteiger partial charge in [0.1, 0.15) is 0 Å². The van der Waals surface area contributed by atoms with E-state index in [1.54, 1.807) is 0 Å². The van der Waals surface area contributed by atoms with Crippen LogP contribution in [0.5, 0.6) is 0 Å². The predicted octanol–water partition coefficient (Wildman–Crippen LogP) is 2.59. The van der Waals surface area contributed by atoms with Crippen molar-refractivity contribution >= 4 is 10.9 Å². The number of nitrogens with one attached hydrogen (secondary N) is 2. The van der Waals surface area contributed by atoms with Crippen molar-refractivity contribution in [1.82, 2.24) is 10.3 Å². The fourth-order valence-corrected chi connectivity index (χ4v) is 1.81. The lowest BCUT2D eigenvalue weighted by atomic mass is 10.1. The van der Waals surface area contributed by atoms with E-state index in [4.69, 9.17) is 0 Å². The molecular formula is C12H16N2. The first kappa shape index (κ1) is 9.28. The Morgan fingerprint density at radius 3 is 2.86 bits per heavy atom. The molecule has 0 spiro atoms. The maximum absolute atomic E-state index is 3.40. The summed E-state index contributed by atoms with van der Waals surface area (Å²) in [7, 11) is 0. The van der Waals surface area contributed by atoms with Gasteiger partial charge in [-0.2, -0.15) is 0 Å². The number of hydrogen-bond acceptors (Lipinski definition) is 1. The third kappa shape index (κ3) is 1.53. The van der Waals surface area contributed by atoms with Gasteiger partial charge in [0.15, 0.2) is 0 Å². The van der Waals surface area contributed by atoms with Crippen molar-refractivity contribution in [3.05, 3.63) is 35.5 Å². The van der Waals surface area contributed by atoms with E-state index in [0.717, 1.165) is 13.1 Å². The van der Waals surface area contributed by atoms with Gasteiger partial charge in [0, 0.05) is 23.1 Å². The number of para-hydroxylation sites is 1. The minimum Gasteiger partial charge on any atom is -0.358 e. The fraction of sp³-hybridized carbons (Fsp3) is 0.333. The van der Waals surface area contributed by atoms with Crippen LogP contribution in [0.3, 0.4) is 0 Å². The summed E-state index contributed by atoms with van der Waals surface area (Å²) in [5.41, 5.74) is 3.90. The standard InChI is InChI=1S/C12H16N2/c1-3-13-8-11-9(2)14-12-7-5-4-6-10(11)12/h4-7,13-14H,3,8H2,1-2H3. The largest absolute Gasteiger partial charge is 0.358 e. The van der Waals surface area contributed by atoms with Gasteiger partial charge in [-0.15, -0.1) is 0 Å². The van der Waals surface area contributed by atoms with Crippen LogP contribution in [-0.2, 0) is 6.54 Å². The third-order valence-corrected chi connectivity index (χ3v) is 2.58. The Kier molecular flexibility index (Phi) is 2.55. The first-order chi connectivity index (χ1) is 6.83. The maximum Gasteiger partial charge on any atom is 0.0459 e. The molecule has 1 aromatic carbocycles. The van der Waals surface area contributed by atoms with Gasteiger partial charge < -0.3 is 10.3 Å². The molecule has 1 heterocycles. The second kappa shape index (κ2) is 3.84. The van der Waals surface area contributed by atoms with Crippen molar-refractivity contribution in [3.63, 3.8) is 0 Å². The molecule has 0 saturated heterocycles. The quantitative estimate of drug-likeness (QED) is 0.761.